The lowest BCUT2D eigenvalue weighted by molar-refractivity contribution is 0.624. The van der Waals surface area contributed by atoms with Gasteiger partial charge in [-0.2, -0.15) is 0 Å². The van der Waals surface area contributed by atoms with E-state index in [2.05, 4.69) is 63.7 Å². The van der Waals surface area contributed by atoms with Gasteiger partial charge in [-0.3, -0.25) is 0 Å². The summed E-state index contributed by atoms with van der Waals surface area (Å²) in [6.45, 7) is 0. The van der Waals surface area contributed by atoms with Gasteiger partial charge in [-0.15, -0.1) is 0 Å². The van der Waals surface area contributed by atoms with Crippen LogP contribution in [0, 0.1) is 0 Å². The van der Waals surface area contributed by atoms with Crippen LogP contribution in [0.3, 0.4) is 0 Å². The predicted molar refractivity (Wildman–Crippen MR) is 71.0 cm³/mol. The van der Waals surface area contributed by atoms with Gasteiger partial charge in [-0.1, -0.05) is 89.4 Å². The number of alkyl halides is 4. The summed E-state index contributed by atoms with van der Waals surface area (Å²) in [5, 5.41) is 0. The zero-order chi connectivity index (χ0) is 9.40. The zero-order valence-electron chi connectivity index (χ0n) is 6.91. The number of hydrogen-bond acceptors (Lipinski definition) is 0. The third-order valence-corrected chi connectivity index (χ3v) is 3.43. The molecule has 0 aromatic heterocycles. The van der Waals surface area contributed by atoms with Crippen LogP contribution in [-0.4, -0.2) is 7.47 Å². The molecule has 0 spiro atoms. The molecule has 0 heterocycles. The number of unbranched alkanes of at least 4 members (excludes halogenated alkanes) is 3. The minimum atomic E-state index is 0.505. The van der Waals surface area contributed by atoms with E-state index in [0.29, 0.717) is 7.47 Å². The molecular weight excluding hydrogens is 416 g/mol. The lowest BCUT2D eigenvalue weighted by Gasteiger charge is -2.02. The molecule has 74 valence electrons. The van der Waals surface area contributed by atoms with E-state index in [1.54, 1.807) is 0 Å². The van der Waals surface area contributed by atoms with Crippen molar-refractivity contribution in [3.63, 3.8) is 0 Å². The summed E-state index contributed by atoms with van der Waals surface area (Å²) in [6, 6.07) is 0. The molecule has 0 aromatic rings. The maximum absolute atomic E-state index is 3.47. The largest absolute Gasteiger partial charge is 0.0765 e. The molecule has 0 bridgehead atoms. The molecule has 0 rings (SSSR count). The van der Waals surface area contributed by atoms with E-state index in [1.807, 2.05) is 0 Å². The second kappa shape index (κ2) is 9.47. The van der Waals surface area contributed by atoms with Crippen LogP contribution in [-0.2, 0) is 0 Å². The Morgan fingerprint density at radius 2 is 0.917 bits per heavy atom. The summed E-state index contributed by atoms with van der Waals surface area (Å²) in [5.74, 6) is 0. The second-order valence-corrected chi connectivity index (χ2v) is 9.65. The summed E-state index contributed by atoms with van der Waals surface area (Å²) in [5.41, 5.74) is 0. The molecule has 0 atom stereocenters. The SMILES string of the molecule is BrC(Br)CCCCCCC(Br)Br. The van der Waals surface area contributed by atoms with Gasteiger partial charge in [-0.25, -0.2) is 0 Å². The van der Waals surface area contributed by atoms with Gasteiger partial charge in [0.05, 0.1) is 7.47 Å². The summed E-state index contributed by atoms with van der Waals surface area (Å²) >= 11 is 13.9. The summed E-state index contributed by atoms with van der Waals surface area (Å²) < 4.78 is 1.01. The number of hydrogen-bond donors (Lipinski definition) is 0. The van der Waals surface area contributed by atoms with Gasteiger partial charge >= 0.3 is 0 Å². The van der Waals surface area contributed by atoms with Crippen LogP contribution in [0.25, 0.3) is 0 Å². The Balaban J connectivity index is 2.91. The Bertz CT molecular complexity index is 81.1. The third-order valence-electron chi connectivity index (χ3n) is 1.59. The van der Waals surface area contributed by atoms with E-state index in [-0.39, 0.29) is 0 Å². The highest BCUT2D eigenvalue weighted by Crippen LogP contribution is 2.19. The standard InChI is InChI=1S/C8H14Br4/c9-7(10)5-3-1-2-4-6-8(11)12/h7-8H,1-6H2. The van der Waals surface area contributed by atoms with Crippen molar-refractivity contribution in [2.45, 2.75) is 46.0 Å². The summed E-state index contributed by atoms with van der Waals surface area (Å²) in [7, 11) is 0. The predicted octanol–water partition coefficient (Wildman–Crippen LogP) is 5.56. The Hall–Kier alpha value is 1.92. The highest BCUT2D eigenvalue weighted by molar-refractivity contribution is 9.25. The first-order valence-electron chi connectivity index (χ1n) is 4.19. The van der Waals surface area contributed by atoms with Crippen molar-refractivity contribution in [3.8, 4) is 0 Å². The van der Waals surface area contributed by atoms with Crippen LogP contribution in [0.15, 0.2) is 0 Å². The fourth-order valence-electron chi connectivity index (χ4n) is 0.951. The first-order chi connectivity index (χ1) is 5.63. The lowest BCUT2D eigenvalue weighted by Crippen LogP contribution is -1.88. The van der Waals surface area contributed by atoms with Crippen LogP contribution in [0.2, 0.25) is 0 Å². The first kappa shape index (κ1) is 13.9. The molecule has 0 aliphatic carbocycles. The minimum absolute atomic E-state index is 0.505. The van der Waals surface area contributed by atoms with E-state index in [4.69, 9.17) is 0 Å². The fraction of sp³-hybridized carbons (Fsp3) is 1.00. The normalized spacial score (nSPS) is 11.5. The van der Waals surface area contributed by atoms with Crippen LogP contribution in [0.5, 0.6) is 0 Å². The van der Waals surface area contributed by atoms with E-state index in [1.165, 1.54) is 38.5 Å². The van der Waals surface area contributed by atoms with Gasteiger partial charge in [0.2, 0.25) is 0 Å². The molecule has 0 unspecified atom stereocenters. The highest BCUT2D eigenvalue weighted by Gasteiger charge is 1.99. The molecular formula is C8H14Br4. The van der Waals surface area contributed by atoms with Gasteiger partial charge < -0.3 is 0 Å². The monoisotopic (exact) mass is 426 g/mol. The maximum Gasteiger partial charge on any atom is 0.0697 e. The topological polar surface area (TPSA) is 0 Å². The third kappa shape index (κ3) is 11.9. The smallest absolute Gasteiger partial charge is 0.0697 e. The van der Waals surface area contributed by atoms with Crippen molar-refractivity contribution < 1.29 is 0 Å². The molecule has 12 heavy (non-hydrogen) atoms. The van der Waals surface area contributed by atoms with E-state index < -0.39 is 0 Å². The van der Waals surface area contributed by atoms with Crippen LogP contribution >= 0.6 is 63.7 Å². The molecule has 0 amide bonds. The Kier molecular flexibility index (Phi) is 11.0. The molecule has 0 aromatic carbocycles. The van der Waals surface area contributed by atoms with E-state index >= 15 is 0 Å². The minimum Gasteiger partial charge on any atom is -0.0765 e. The zero-order valence-corrected chi connectivity index (χ0v) is 13.3. The lowest BCUT2D eigenvalue weighted by atomic mass is 10.1. The first-order valence-corrected chi connectivity index (χ1v) is 7.85. The summed E-state index contributed by atoms with van der Waals surface area (Å²) in [4.78, 5) is 0. The average Bonchev–Trinajstić information content (AvgIpc) is 1.95. The van der Waals surface area contributed by atoms with Gasteiger partial charge in [0, 0.05) is 0 Å². The quantitative estimate of drug-likeness (QED) is 0.367. The number of rotatable bonds is 7. The highest BCUT2D eigenvalue weighted by atomic mass is 79.9. The van der Waals surface area contributed by atoms with Crippen molar-refractivity contribution in [1.29, 1.82) is 0 Å². The maximum atomic E-state index is 3.47. The molecule has 0 saturated carbocycles. The Morgan fingerprint density at radius 3 is 1.17 bits per heavy atom. The Labute approximate surface area is 109 Å². The molecule has 0 N–H and O–H groups in total. The van der Waals surface area contributed by atoms with Crippen molar-refractivity contribution in [1.82, 2.24) is 0 Å². The molecule has 0 aliphatic heterocycles. The second-order valence-electron chi connectivity index (χ2n) is 2.77. The molecule has 4 heteroatoms. The van der Waals surface area contributed by atoms with Crippen molar-refractivity contribution in [3.05, 3.63) is 0 Å². The van der Waals surface area contributed by atoms with Crippen molar-refractivity contribution in [2.24, 2.45) is 0 Å². The Morgan fingerprint density at radius 1 is 0.583 bits per heavy atom. The molecule has 0 aliphatic rings. The van der Waals surface area contributed by atoms with Gasteiger partial charge in [0.25, 0.3) is 0 Å². The van der Waals surface area contributed by atoms with Gasteiger partial charge in [0.15, 0.2) is 0 Å². The van der Waals surface area contributed by atoms with Gasteiger partial charge in [0.1, 0.15) is 0 Å². The van der Waals surface area contributed by atoms with E-state index in [9.17, 15) is 0 Å². The molecule has 0 fully saturated rings. The molecule has 0 radical (unpaired) electrons. The van der Waals surface area contributed by atoms with Crippen molar-refractivity contribution >= 4 is 63.7 Å². The van der Waals surface area contributed by atoms with Crippen LogP contribution < -0.4 is 0 Å². The molecule has 0 saturated heterocycles. The van der Waals surface area contributed by atoms with Crippen LogP contribution in [0.1, 0.15) is 38.5 Å². The fourth-order valence-corrected chi connectivity index (χ4v) is 2.25. The molecule has 0 nitrogen and oxygen atoms in total. The van der Waals surface area contributed by atoms with E-state index in [0.717, 1.165) is 0 Å². The number of halogens is 4. The summed E-state index contributed by atoms with van der Waals surface area (Å²) in [6.07, 6.45) is 7.78. The van der Waals surface area contributed by atoms with Crippen LogP contribution in [0.4, 0.5) is 0 Å². The van der Waals surface area contributed by atoms with Crippen molar-refractivity contribution in [2.75, 3.05) is 0 Å². The average molecular weight is 430 g/mol. The van der Waals surface area contributed by atoms with Gasteiger partial charge in [-0.05, 0) is 12.8 Å².